The molecule has 0 aromatic rings. The van der Waals surface area contributed by atoms with Gasteiger partial charge in [-0.25, -0.2) is 0 Å². The first-order chi connectivity index (χ1) is 14.6. The highest BCUT2D eigenvalue weighted by molar-refractivity contribution is 5.66. The predicted octanol–water partition coefficient (Wildman–Crippen LogP) is 5.48. The normalized spacial score (nSPS) is 48.0. The van der Waals surface area contributed by atoms with Crippen LogP contribution in [0.3, 0.4) is 0 Å². The van der Waals surface area contributed by atoms with Gasteiger partial charge in [-0.3, -0.25) is 4.79 Å². The van der Waals surface area contributed by atoms with Crippen LogP contribution in [-0.4, -0.2) is 34.4 Å². The molecule has 4 nitrogen and oxygen atoms in total. The van der Waals surface area contributed by atoms with Crippen molar-refractivity contribution in [1.82, 2.24) is 5.32 Å². The van der Waals surface area contributed by atoms with Crippen LogP contribution in [0.5, 0.6) is 0 Å². The minimum absolute atomic E-state index is 0.103. The molecule has 0 aromatic heterocycles. The number of aliphatic carboxylic acids is 1. The van der Waals surface area contributed by atoms with E-state index in [0.717, 1.165) is 37.0 Å². The third-order valence-corrected chi connectivity index (χ3v) is 10.8. The number of carboxylic acid groups (broad SMARTS) is 1. The number of fused-ring (bicyclic) bond motifs is 5. The van der Waals surface area contributed by atoms with Crippen LogP contribution in [-0.2, 0) is 4.79 Å². The van der Waals surface area contributed by atoms with E-state index in [9.17, 15) is 15.0 Å². The highest BCUT2D eigenvalue weighted by Crippen LogP contribution is 2.68. The summed E-state index contributed by atoms with van der Waals surface area (Å²) in [7, 11) is 0. The van der Waals surface area contributed by atoms with Crippen molar-refractivity contribution in [3.05, 3.63) is 0 Å². The molecule has 0 aromatic carbocycles. The lowest BCUT2D eigenvalue weighted by Crippen LogP contribution is -2.62. The van der Waals surface area contributed by atoms with Gasteiger partial charge in [0, 0.05) is 18.5 Å². The quantitative estimate of drug-likeness (QED) is 0.518. The van der Waals surface area contributed by atoms with Crippen LogP contribution in [0.25, 0.3) is 0 Å². The Morgan fingerprint density at radius 3 is 2.35 bits per heavy atom. The van der Waals surface area contributed by atoms with E-state index in [1.807, 2.05) is 0 Å². The first-order valence-electron chi connectivity index (χ1n) is 13.2. The van der Waals surface area contributed by atoms with E-state index in [1.54, 1.807) is 0 Å². The molecule has 0 spiro atoms. The van der Waals surface area contributed by atoms with E-state index in [2.05, 4.69) is 39.9 Å². The summed E-state index contributed by atoms with van der Waals surface area (Å²) in [6.45, 7) is 12.0. The van der Waals surface area contributed by atoms with E-state index in [4.69, 9.17) is 0 Å². The summed E-state index contributed by atoms with van der Waals surface area (Å²) in [4.78, 5) is 11.2. The van der Waals surface area contributed by atoms with Crippen LogP contribution in [0.15, 0.2) is 0 Å². The summed E-state index contributed by atoms with van der Waals surface area (Å²) < 4.78 is 0. The van der Waals surface area contributed by atoms with E-state index < -0.39 is 5.97 Å². The lowest BCUT2D eigenvalue weighted by atomic mass is 9.43. The highest BCUT2D eigenvalue weighted by Gasteiger charge is 2.62. The van der Waals surface area contributed by atoms with Gasteiger partial charge in [-0.15, -0.1) is 0 Å². The van der Waals surface area contributed by atoms with Crippen molar-refractivity contribution in [2.24, 2.45) is 46.3 Å². The van der Waals surface area contributed by atoms with Crippen molar-refractivity contribution in [2.75, 3.05) is 0 Å². The molecule has 4 aliphatic carbocycles. The summed E-state index contributed by atoms with van der Waals surface area (Å²) in [6, 6.07) is 1.05. The molecule has 4 fully saturated rings. The zero-order valence-corrected chi connectivity index (χ0v) is 20.6. The van der Waals surface area contributed by atoms with Crippen LogP contribution in [0.4, 0.5) is 0 Å². The number of nitrogens with one attached hydrogen (secondary N) is 1. The van der Waals surface area contributed by atoms with E-state index >= 15 is 0 Å². The fourth-order valence-electron chi connectivity index (χ4n) is 9.37. The molecule has 0 heterocycles. The summed E-state index contributed by atoms with van der Waals surface area (Å²) in [6.07, 6.45) is 10.6. The van der Waals surface area contributed by atoms with Crippen molar-refractivity contribution in [3.63, 3.8) is 0 Å². The van der Waals surface area contributed by atoms with Crippen LogP contribution in [0, 0.1) is 46.3 Å². The van der Waals surface area contributed by atoms with Crippen LogP contribution in [0.1, 0.15) is 98.8 Å². The lowest BCUT2D eigenvalue weighted by molar-refractivity contribution is -0.143. The van der Waals surface area contributed by atoms with Gasteiger partial charge >= 0.3 is 5.97 Å². The van der Waals surface area contributed by atoms with Gasteiger partial charge in [0.05, 0.1) is 6.10 Å². The molecule has 0 radical (unpaired) electrons. The minimum atomic E-state index is -0.651. The molecule has 10 atom stereocenters. The molecular weight excluding hydrogens is 386 g/mol. The molecule has 4 rings (SSSR count). The van der Waals surface area contributed by atoms with Gasteiger partial charge in [-0.1, -0.05) is 34.6 Å². The number of rotatable bonds is 6. The predicted molar refractivity (Wildman–Crippen MR) is 125 cm³/mol. The average molecular weight is 434 g/mol. The summed E-state index contributed by atoms with van der Waals surface area (Å²) in [5, 5.41) is 23.6. The zero-order valence-electron chi connectivity index (χ0n) is 20.6. The van der Waals surface area contributed by atoms with Gasteiger partial charge in [0.2, 0.25) is 0 Å². The molecule has 4 heteroatoms. The van der Waals surface area contributed by atoms with E-state index in [-0.39, 0.29) is 6.10 Å². The SMILES string of the molecule is CC(C)NC1C[C@@H]2C[C@H](O)CC[C@]2(C)[C@H]2CC[C@]3(C)[C@@H]([C@H](C)CCC(=O)O)CC[C@H]3[C@H]12. The maximum absolute atomic E-state index is 11.2. The summed E-state index contributed by atoms with van der Waals surface area (Å²) >= 11 is 0. The number of carbonyl (C=O) groups is 1. The first kappa shape index (κ1) is 23.5. The Bertz CT molecular complexity index is 665. The maximum Gasteiger partial charge on any atom is 0.303 e. The molecule has 0 saturated heterocycles. The van der Waals surface area contributed by atoms with Gasteiger partial charge < -0.3 is 15.5 Å². The van der Waals surface area contributed by atoms with E-state index in [1.165, 1.54) is 38.5 Å². The number of carboxylic acids is 1. The lowest BCUT2D eigenvalue weighted by Gasteiger charge is -2.63. The molecule has 31 heavy (non-hydrogen) atoms. The minimum Gasteiger partial charge on any atom is -0.481 e. The fourth-order valence-corrected chi connectivity index (χ4v) is 9.37. The summed E-state index contributed by atoms with van der Waals surface area (Å²) in [5.74, 6) is 3.40. The maximum atomic E-state index is 11.2. The average Bonchev–Trinajstić information content (AvgIpc) is 3.04. The second-order valence-electron chi connectivity index (χ2n) is 12.7. The molecular formula is C27H47NO3. The second kappa shape index (κ2) is 8.63. The third-order valence-electron chi connectivity index (χ3n) is 10.8. The Morgan fingerprint density at radius 2 is 1.68 bits per heavy atom. The Morgan fingerprint density at radius 1 is 1.00 bits per heavy atom. The largest absolute Gasteiger partial charge is 0.481 e. The second-order valence-corrected chi connectivity index (χ2v) is 12.7. The van der Waals surface area contributed by atoms with Gasteiger partial charge in [-0.05, 0) is 104 Å². The molecule has 1 unspecified atom stereocenters. The molecule has 3 N–H and O–H groups in total. The standard InChI is InChI=1S/C27H47NO3/c1-16(2)28-23-15-18-14-19(29)10-12-26(18,4)22-11-13-27(5)20(7-8-21(27)25(22)23)17(3)6-9-24(30)31/h16-23,25,28-29H,6-15H2,1-5H3,(H,30,31)/t17-,18+,19-,20-,21+,22+,23?,25+,26+,27-/m1/s1. The smallest absolute Gasteiger partial charge is 0.303 e. The molecule has 0 bridgehead atoms. The van der Waals surface area contributed by atoms with E-state index in [0.29, 0.717) is 47.1 Å². The first-order valence-corrected chi connectivity index (χ1v) is 13.2. The molecule has 0 amide bonds. The van der Waals surface area contributed by atoms with Gasteiger partial charge in [0.25, 0.3) is 0 Å². The van der Waals surface area contributed by atoms with Crippen LogP contribution in [0.2, 0.25) is 0 Å². The van der Waals surface area contributed by atoms with Crippen molar-refractivity contribution < 1.29 is 15.0 Å². The highest BCUT2D eigenvalue weighted by atomic mass is 16.4. The van der Waals surface area contributed by atoms with Crippen molar-refractivity contribution in [1.29, 1.82) is 0 Å². The summed E-state index contributed by atoms with van der Waals surface area (Å²) in [5.41, 5.74) is 0.737. The Hall–Kier alpha value is -0.610. The van der Waals surface area contributed by atoms with Gasteiger partial charge in [-0.2, -0.15) is 0 Å². The Kier molecular flexibility index (Phi) is 6.55. The molecule has 0 aliphatic heterocycles. The van der Waals surface area contributed by atoms with Crippen molar-refractivity contribution in [2.45, 2.75) is 117 Å². The fraction of sp³-hybridized carbons (Fsp3) is 0.963. The molecule has 178 valence electrons. The van der Waals surface area contributed by atoms with Gasteiger partial charge in [0.1, 0.15) is 0 Å². The third kappa shape index (κ3) is 4.09. The number of aliphatic hydroxyl groups excluding tert-OH is 1. The number of hydrogen-bond donors (Lipinski definition) is 3. The Labute approximate surface area is 190 Å². The van der Waals surface area contributed by atoms with Crippen molar-refractivity contribution >= 4 is 5.97 Å². The zero-order chi connectivity index (χ0) is 22.6. The number of aliphatic hydroxyl groups is 1. The van der Waals surface area contributed by atoms with Crippen LogP contribution >= 0.6 is 0 Å². The van der Waals surface area contributed by atoms with Crippen molar-refractivity contribution in [3.8, 4) is 0 Å². The van der Waals surface area contributed by atoms with Crippen LogP contribution < -0.4 is 5.32 Å². The van der Waals surface area contributed by atoms with Gasteiger partial charge in [0.15, 0.2) is 0 Å². The monoisotopic (exact) mass is 433 g/mol. The Balaban J connectivity index is 1.61. The number of hydrogen-bond acceptors (Lipinski definition) is 3. The topological polar surface area (TPSA) is 69.6 Å². The molecule has 4 saturated carbocycles. The molecule has 4 aliphatic rings.